The molecule has 0 radical (unpaired) electrons. The Labute approximate surface area is 64.6 Å². The Bertz CT molecular complexity index is 258. The summed E-state index contributed by atoms with van der Waals surface area (Å²) in [6, 6.07) is 1.58. The maximum Gasteiger partial charge on any atom is 0.339 e. The van der Waals surface area contributed by atoms with Crippen molar-refractivity contribution in [2.45, 2.75) is 0 Å². The number of esters is 1. The van der Waals surface area contributed by atoms with E-state index in [1.165, 1.54) is 7.11 Å². The Kier molecular flexibility index (Phi) is 1.85. The van der Waals surface area contributed by atoms with Crippen molar-refractivity contribution in [3.63, 3.8) is 0 Å². The lowest BCUT2D eigenvalue weighted by molar-refractivity contribution is 0.0601. The van der Waals surface area contributed by atoms with Crippen LogP contribution < -0.4 is 5.73 Å². The highest BCUT2D eigenvalue weighted by Gasteiger charge is 2.07. The number of aryl methyl sites for hydroxylation is 1. The molecule has 0 bridgehead atoms. The predicted molar refractivity (Wildman–Crippen MR) is 41.2 cm³/mol. The monoisotopic (exact) mass is 154 g/mol. The Morgan fingerprint density at radius 1 is 1.73 bits per heavy atom. The molecule has 0 fully saturated rings. The quantitative estimate of drug-likeness (QED) is 0.595. The number of hydrogen-bond acceptors (Lipinski definition) is 3. The van der Waals surface area contributed by atoms with E-state index >= 15 is 0 Å². The first-order chi connectivity index (χ1) is 5.15. The van der Waals surface area contributed by atoms with Crippen molar-refractivity contribution in [3.8, 4) is 0 Å². The van der Waals surface area contributed by atoms with Crippen LogP contribution in [0.25, 0.3) is 0 Å². The lowest BCUT2D eigenvalue weighted by Gasteiger charge is -1.91. The maximum absolute atomic E-state index is 10.9. The summed E-state index contributed by atoms with van der Waals surface area (Å²) in [6.45, 7) is 0. The highest BCUT2D eigenvalue weighted by atomic mass is 16.5. The van der Waals surface area contributed by atoms with Gasteiger partial charge in [-0.1, -0.05) is 0 Å². The second-order valence-corrected chi connectivity index (χ2v) is 2.26. The van der Waals surface area contributed by atoms with Crippen LogP contribution >= 0.6 is 0 Å². The number of aromatic nitrogens is 1. The SMILES string of the molecule is COC(=O)c1cc(N)n(C)c1. The van der Waals surface area contributed by atoms with E-state index < -0.39 is 0 Å². The second-order valence-electron chi connectivity index (χ2n) is 2.26. The molecule has 4 heteroatoms. The number of ether oxygens (including phenoxy) is 1. The van der Waals surface area contributed by atoms with E-state index in [4.69, 9.17) is 5.73 Å². The molecule has 0 aliphatic rings. The van der Waals surface area contributed by atoms with Gasteiger partial charge in [0.05, 0.1) is 12.7 Å². The molecule has 0 saturated heterocycles. The van der Waals surface area contributed by atoms with Gasteiger partial charge in [-0.05, 0) is 6.07 Å². The molecule has 11 heavy (non-hydrogen) atoms. The number of rotatable bonds is 1. The third kappa shape index (κ3) is 1.34. The maximum atomic E-state index is 10.9. The molecule has 0 amide bonds. The van der Waals surface area contributed by atoms with Gasteiger partial charge < -0.3 is 15.0 Å². The topological polar surface area (TPSA) is 57.2 Å². The van der Waals surface area contributed by atoms with Gasteiger partial charge in [0, 0.05) is 13.2 Å². The molecule has 0 aliphatic carbocycles. The third-order valence-corrected chi connectivity index (χ3v) is 1.46. The van der Waals surface area contributed by atoms with Crippen LogP contribution in [0.2, 0.25) is 0 Å². The van der Waals surface area contributed by atoms with E-state index in [1.54, 1.807) is 23.9 Å². The zero-order valence-electron chi connectivity index (χ0n) is 6.50. The number of carbonyl (C=O) groups excluding carboxylic acids is 1. The first-order valence-electron chi connectivity index (χ1n) is 3.15. The van der Waals surface area contributed by atoms with Crippen LogP contribution in [0.3, 0.4) is 0 Å². The van der Waals surface area contributed by atoms with Crippen LogP contribution in [-0.2, 0) is 11.8 Å². The van der Waals surface area contributed by atoms with Crippen molar-refractivity contribution in [1.82, 2.24) is 4.57 Å². The molecule has 0 saturated carbocycles. The fourth-order valence-electron chi connectivity index (χ4n) is 0.811. The summed E-state index contributed by atoms with van der Waals surface area (Å²) in [5, 5.41) is 0. The number of hydrogen-bond donors (Lipinski definition) is 1. The molecular formula is C7H10N2O2. The second kappa shape index (κ2) is 2.65. The summed E-state index contributed by atoms with van der Waals surface area (Å²) in [5.74, 6) is 0.183. The van der Waals surface area contributed by atoms with Gasteiger partial charge in [-0.3, -0.25) is 0 Å². The first-order valence-corrected chi connectivity index (χ1v) is 3.15. The molecule has 1 rings (SSSR count). The zero-order chi connectivity index (χ0) is 8.43. The summed E-state index contributed by atoms with van der Waals surface area (Å²) in [6.07, 6.45) is 1.63. The molecule has 1 aromatic heterocycles. The Balaban J connectivity index is 2.97. The molecule has 0 aliphatic heterocycles. The van der Waals surface area contributed by atoms with E-state index in [9.17, 15) is 4.79 Å². The van der Waals surface area contributed by atoms with Gasteiger partial charge in [-0.25, -0.2) is 4.79 Å². The molecular weight excluding hydrogens is 144 g/mol. The standard InChI is InChI=1S/C7H10N2O2/c1-9-4-5(3-6(9)8)7(10)11-2/h3-4H,8H2,1-2H3. The molecule has 0 atom stereocenters. The summed E-state index contributed by atoms with van der Waals surface area (Å²) in [7, 11) is 3.10. The number of anilines is 1. The number of carbonyl (C=O) groups is 1. The van der Waals surface area contributed by atoms with Gasteiger partial charge in [-0.2, -0.15) is 0 Å². The third-order valence-electron chi connectivity index (χ3n) is 1.46. The van der Waals surface area contributed by atoms with Gasteiger partial charge >= 0.3 is 5.97 Å². The fraction of sp³-hybridized carbons (Fsp3) is 0.286. The predicted octanol–water partition coefficient (Wildman–Crippen LogP) is 0.394. The van der Waals surface area contributed by atoms with Gasteiger partial charge in [-0.15, -0.1) is 0 Å². The van der Waals surface area contributed by atoms with Crippen molar-refractivity contribution in [2.75, 3.05) is 12.8 Å². The summed E-state index contributed by atoms with van der Waals surface area (Å²) >= 11 is 0. The molecule has 1 aromatic rings. The van der Waals surface area contributed by atoms with Crippen LogP contribution in [-0.4, -0.2) is 17.6 Å². The molecule has 1 heterocycles. The highest BCUT2D eigenvalue weighted by molar-refractivity contribution is 5.90. The van der Waals surface area contributed by atoms with Gasteiger partial charge in [0.15, 0.2) is 0 Å². The van der Waals surface area contributed by atoms with Gasteiger partial charge in [0.1, 0.15) is 5.82 Å². The minimum atomic E-state index is -0.364. The highest BCUT2D eigenvalue weighted by Crippen LogP contribution is 2.08. The number of nitrogen functional groups attached to an aromatic ring is 1. The molecule has 0 aromatic carbocycles. The molecule has 0 unspecified atom stereocenters. The van der Waals surface area contributed by atoms with E-state index in [0.717, 1.165) is 0 Å². The fourth-order valence-corrected chi connectivity index (χ4v) is 0.811. The van der Waals surface area contributed by atoms with Gasteiger partial charge in [0.25, 0.3) is 0 Å². The molecule has 2 N–H and O–H groups in total. The normalized spacial score (nSPS) is 9.64. The van der Waals surface area contributed by atoms with Crippen LogP contribution in [0.1, 0.15) is 10.4 Å². The Hall–Kier alpha value is -1.45. The zero-order valence-corrected chi connectivity index (χ0v) is 6.50. The van der Waals surface area contributed by atoms with E-state index in [1.807, 2.05) is 0 Å². The minimum Gasteiger partial charge on any atom is -0.465 e. The minimum absolute atomic E-state index is 0.364. The van der Waals surface area contributed by atoms with E-state index in [0.29, 0.717) is 11.4 Å². The van der Waals surface area contributed by atoms with Crippen molar-refractivity contribution >= 4 is 11.8 Å². The lowest BCUT2D eigenvalue weighted by Crippen LogP contribution is -1.98. The largest absolute Gasteiger partial charge is 0.465 e. The smallest absolute Gasteiger partial charge is 0.339 e. The van der Waals surface area contributed by atoms with Crippen LogP contribution in [0.5, 0.6) is 0 Å². The molecule has 4 nitrogen and oxygen atoms in total. The van der Waals surface area contributed by atoms with Crippen LogP contribution in [0.4, 0.5) is 5.82 Å². The van der Waals surface area contributed by atoms with Crippen molar-refractivity contribution in [1.29, 1.82) is 0 Å². The van der Waals surface area contributed by atoms with Crippen molar-refractivity contribution in [3.05, 3.63) is 17.8 Å². The first kappa shape index (κ1) is 7.65. The number of methoxy groups -OCH3 is 1. The van der Waals surface area contributed by atoms with E-state index in [2.05, 4.69) is 4.74 Å². The Morgan fingerprint density at radius 2 is 2.36 bits per heavy atom. The van der Waals surface area contributed by atoms with Gasteiger partial charge in [0.2, 0.25) is 0 Å². The summed E-state index contributed by atoms with van der Waals surface area (Å²) in [5.41, 5.74) is 5.97. The summed E-state index contributed by atoms with van der Waals surface area (Å²) < 4.78 is 6.16. The van der Waals surface area contributed by atoms with Crippen LogP contribution in [0.15, 0.2) is 12.3 Å². The molecule has 60 valence electrons. The Morgan fingerprint density at radius 3 is 2.73 bits per heavy atom. The average molecular weight is 154 g/mol. The van der Waals surface area contributed by atoms with Crippen LogP contribution in [0, 0.1) is 0 Å². The average Bonchev–Trinajstić information content (AvgIpc) is 2.31. The van der Waals surface area contributed by atoms with Crippen molar-refractivity contribution < 1.29 is 9.53 Å². The van der Waals surface area contributed by atoms with E-state index in [-0.39, 0.29) is 5.97 Å². The molecule has 0 spiro atoms. The lowest BCUT2D eigenvalue weighted by atomic mass is 10.3. The summed E-state index contributed by atoms with van der Waals surface area (Å²) in [4.78, 5) is 10.9. The number of nitrogens with two attached hydrogens (primary N) is 1. The van der Waals surface area contributed by atoms with Crippen molar-refractivity contribution in [2.24, 2.45) is 7.05 Å². The number of nitrogens with zero attached hydrogens (tertiary/aromatic N) is 1.